The van der Waals surface area contributed by atoms with E-state index in [-0.39, 0.29) is 13.2 Å². The van der Waals surface area contributed by atoms with Crippen molar-refractivity contribution in [3.05, 3.63) is 104 Å². The van der Waals surface area contributed by atoms with Crippen LogP contribution in [0, 0.1) is 12.8 Å². The molecular formula is C25H26N2O7. The lowest BCUT2D eigenvalue weighted by molar-refractivity contribution is -0.0686. The van der Waals surface area contributed by atoms with Crippen LogP contribution in [0.1, 0.15) is 27.7 Å². The minimum absolute atomic E-state index is 0.104. The predicted molar refractivity (Wildman–Crippen MR) is 122 cm³/mol. The quantitative estimate of drug-likeness (QED) is 0.486. The number of hydrogen-bond donors (Lipinski definition) is 2. The van der Waals surface area contributed by atoms with Crippen molar-refractivity contribution in [3.8, 4) is 0 Å². The van der Waals surface area contributed by atoms with Crippen molar-refractivity contribution in [2.24, 2.45) is 5.92 Å². The van der Waals surface area contributed by atoms with Gasteiger partial charge in [0.05, 0.1) is 37.4 Å². The van der Waals surface area contributed by atoms with Crippen LogP contribution in [0.2, 0.25) is 0 Å². The summed E-state index contributed by atoms with van der Waals surface area (Å²) in [5, 5.41) is 11.0. The van der Waals surface area contributed by atoms with Crippen LogP contribution >= 0.6 is 0 Å². The van der Waals surface area contributed by atoms with Crippen LogP contribution in [-0.4, -0.2) is 46.0 Å². The van der Waals surface area contributed by atoms with Gasteiger partial charge < -0.3 is 19.3 Å². The average Bonchev–Trinajstić information content (AvgIpc) is 3.16. The Morgan fingerprint density at radius 1 is 1.06 bits per heavy atom. The van der Waals surface area contributed by atoms with E-state index in [2.05, 4.69) is 4.98 Å². The Hall–Kier alpha value is -3.53. The summed E-state index contributed by atoms with van der Waals surface area (Å²) in [5.74, 6) is -1.19. The smallest absolute Gasteiger partial charge is 0.338 e. The molecule has 0 saturated carbocycles. The SMILES string of the molecule is Cc1cn([C@@H]2O[C@H](COCc3ccccc3)[C@@H](COC(=O)c3ccccc3)[C@H]2O)c(=O)[nH]c1=O. The number of aromatic amines is 1. The molecule has 1 aliphatic rings. The number of aromatic nitrogens is 2. The van der Waals surface area contributed by atoms with Gasteiger partial charge in [0.1, 0.15) is 6.10 Å². The van der Waals surface area contributed by atoms with Crippen molar-refractivity contribution in [1.82, 2.24) is 9.55 Å². The van der Waals surface area contributed by atoms with Crippen molar-refractivity contribution in [3.63, 3.8) is 0 Å². The Labute approximate surface area is 195 Å². The first-order valence-corrected chi connectivity index (χ1v) is 10.9. The summed E-state index contributed by atoms with van der Waals surface area (Å²) < 4.78 is 18.4. The van der Waals surface area contributed by atoms with Crippen LogP contribution in [0.15, 0.2) is 76.4 Å². The van der Waals surface area contributed by atoms with E-state index in [1.807, 2.05) is 30.3 Å². The zero-order valence-corrected chi connectivity index (χ0v) is 18.6. The number of nitrogens with one attached hydrogen (secondary N) is 1. The highest BCUT2D eigenvalue weighted by Gasteiger charge is 2.45. The molecule has 0 amide bonds. The van der Waals surface area contributed by atoms with Gasteiger partial charge in [-0.05, 0) is 24.6 Å². The molecule has 2 aromatic carbocycles. The third kappa shape index (κ3) is 5.33. The largest absolute Gasteiger partial charge is 0.462 e. The summed E-state index contributed by atoms with van der Waals surface area (Å²) in [7, 11) is 0. The molecule has 34 heavy (non-hydrogen) atoms. The molecule has 178 valence electrons. The van der Waals surface area contributed by atoms with Gasteiger partial charge in [-0.2, -0.15) is 0 Å². The van der Waals surface area contributed by atoms with E-state index in [1.165, 1.54) is 6.20 Å². The molecule has 2 N–H and O–H groups in total. The van der Waals surface area contributed by atoms with Crippen molar-refractivity contribution < 1.29 is 24.1 Å². The minimum atomic E-state index is -1.18. The fraction of sp³-hybridized carbons (Fsp3) is 0.320. The van der Waals surface area contributed by atoms with Gasteiger partial charge in [0.25, 0.3) is 5.56 Å². The lowest BCUT2D eigenvalue weighted by Gasteiger charge is -2.20. The van der Waals surface area contributed by atoms with Gasteiger partial charge in [0, 0.05) is 11.8 Å². The Morgan fingerprint density at radius 3 is 2.44 bits per heavy atom. The molecule has 4 atom stereocenters. The second kappa shape index (κ2) is 10.6. The Morgan fingerprint density at radius 2 is 1.74 bits per heavy atom. The molecule has 1 aliphatic heterocycles. The van der Waals surface area contributed by atoms with Crippen LogP contribution in [-0.2, 0) is 20.8 Å². The maximum Gasteiger partial charge on any atom is 0.338 e. The summed E-state index contributed by atoms with van der Waals surface area (Å²) in [4.78, 5) is 38.8. The Balaban J connectivity index is 1.50. The highest BCUT2D eigenvalue weighted by Crippen LogP contribution is 2.34. The normalized spacial score (nSPS) is 21.9. The number of H-pyrrole nitrogens is 1. The van der Waals surface area contributed by atoms with E-state index in [1.54, 1.807) is 37.3 Å². The molecule has 0 radical (unpaired) electrons. The molecule has 4 rings (SSSR count). The van der Waals surface area contributed by atoms with Gasteiger partial charge in [-0.15, -0.1) is 0 Å². The monoisotopic (exact) mass is 466 g/mol. The molecule has 2 heterocycles. The van der Waals surface area contributed by atoms with E-state index in [9.17, 15) is 19.5 Å². The second-order valence-corrected chi connectivity index (χ2v) is 8.16. The van der Waals surface area contributed by atoms with Gasteiger partial charge in [-0.1, -0.05) is 48.5 Å². The number of ether oxygens (including phenoxy) is 3. The van der Waals surface area contributed by atoms with Gasteiger partial charge in [-0.25, -0.2) is 9.59 Å². The highest BCUT2D eigenvalue weighted by atomic mass is 16.6. The van der Waals surface area contributed by atoms with E-state index >= 15 is 0 Å². The van der Waals surface area contributed by atoms with Crippen molar-refractivity contribution >= 4 is 5.97 Å². The second-order valence-electron chi connectivity index (χ2n) is 8.16. The number of hydrogen-bond acceptors (Lipinski definition) is 7. The molecule has 9 nitrogen and oxygen atoms in total. The lowest BCUT2D eigenvalue weighted by atomic mass is 9.99. The van der Waals surface area contributed by atoms with E-state index in [4.69, 9.17) is 14.2 Å². The molecule has 9 heteroatoms. The Bertz CT molecular complexity index is 1220. The molecular weight excluding hydrogens is 440 g/mol. The summed E-state index contributed by atoms with van der Waals surface area (Å²) in [5.41, 5.74) is 0.440. The van der Waals surface area contributed by atoms with Gasteiger partial charge >= 0.3 is 11.7 Å². The zero-order chi connectivity index (χ0) is 24.1. The summed E-state index contributed by atoms with van der Waals surface area (Å²) in [6, 6.07) is 18.1. The van der Waals surface area contributed by atoms with Crippen LogP contribution in [0.5, 0.6) is 0 Å². The molecule has 0 bridgehead atoms. The minimum Gasteiger partial charge on any atom is -0.462 e. The first kappa shape index (κ1) is 23.6. The summed E-state index contributed by atoms with van der Waals surface area (Å²) in [6.45, 7) is 1.85. The molecule has 3 aromatic rings. The van der Waals surface area contributed by atoms with E-state index in [0.717, 1.165) is 10.1 Å². The van der Waals surface area contributed by atoms with Gasteiger partial charge in [0.15, 0.2) is 6.23 Å². The zero-order valence-electron chi connectivity index (χ0n) is 18.6. The number of carbonyl (C=O) groups excluding carboxylic acids is 1. The third-order valence-electron chi connectivity index (χ3n) is 5.75. The molecule has 1 saturated heterocycles. The molecule has 1 fully saturated rings. The molecule has 0 unspecified atom stereocenters. The van der Waals surface area contributed by atoms with Crippen molar-refractivity contribution in [2.75, 3.05) is 13.2 Å². The number of aliphatic hydroxyl groups is 1. The van der Waals surface area contributed by atoms with E-state index < -0.39 is 41.6 Å². The maximum absolute atomic E-state index is 12.4. The van der Waals surface area contributed by atoms with Crippen LogP contribution in [0.3, 0.4) is 0 Å². The van der Waals surface area contributed by atoms with Gasteiger partial charge in [-0.3, -0.25) is 14.3 Å². The average molecular weight is 466 g/mol. The maximum atomic E-state index is 12.4. The number of rotatable bonds is 8. The number of aliphatic hydroxyl groups excluding tert-OH is 1. The standard InChI is InChI=1S/C25H26N2O7/c1-16-12-27(25(31)26-22(16)29)23-21(28)19(14-33-24(30)18-10-6-3-7-11-18)20(34-23)15-32-13-17-8-4-2-5-9-17/h2-12,19-21,23,28H,13-15H2,1H3,(H,26,29,31)/t19-,20-,21-,23-/m1/s1. The number of carbonyl (C=O) groups is 1. The topological polar surface area (TPSA) is 120 Å². The van der Waals surface area contributed by atoms with Crippen LogP contribution < -0.4 is 11.2 Å². The summed E-state index contributed by atoms with van der Waals surface area (Å²) in [6.07, 6.45) is -1.58. The van der Waals surface area contributed by atoms with E-state index in [0.29, 0.717) is 17.7 Å². The van der Waals surface area contributed by atoms with Crippen LogP contribution in [0.25, 0.3) is 0 Å². The lowest BCUT2D eigenvalue weighted by Crippen LogP contribution is -2.38. The number of esters is 1. The third-order valence-corrected chi connectivity index (χ3v) is 5.75. The highest BCUT2D eigenvalue weighted by molar-refractivity contribution is 5.89. The molecule has 1 aromatic heterocycles. The van der Waals surface area contributed by atoms with Gasteiger partial charge in [0.2, 0.25) is 0 Å². The number of aryl methyl sites for hydroxylation is 1. The predicted octanol–water partition coefficient (Wildman–Crippen LogP) is 1.79. The number of benzene rings is 2. The van der Waals surface area contributed by atoms with Crippen LogP contribution in [0.4, 0.5) is 0 Å². The fourth-order valence-electron chi connectivity index (χ4n) is 3.86. The number of nitrogens with zero attached hydrogens (tertiary/aromatic N) is 1. The van der Waals surface area contributed by atoms with Crippen molar-refractivity contribution in [2.45, 2.75) is 32.0 Å². The first-order valence-electron chi connectivity index (χ1n) is 10.9. The van der Waals surface area contributed by atoms with Crippen molar-refractivity contribution in [1.29, 1.82) is 0 Å². The first-order chi connectivity index (χ1) is 16.4. The Kier molecular flexibility index (Phi) is 7.36. The summed E-state index contributed by atoms with van der Waals surface area (Å²) >= 11 is 0. The fourth-order valence-corrected chi connectivity index (χ4v) is 3.86. The molecule has 0 spiro atoms. The molecule has 0 aliphatic carbocycles.